The molecule has 0 radical (unpaired) electrons. The number of carbonyl (C=O) groups is 2. The number of carbonyl (C=O) groups excluding carboxylic acids is 1. The van der Waals surface area contributed by atoms with E-state index in [4.69, 9.17) is 4.74 Å². The van der Waals surface area contributed by atoms with Crippen molar-refractivity contribution in [3.63, 3.8) is 0 Å². The first kappa shape index (κ1) is 20.5. The van der Waals surface area contributed by atoms with Gasteiger partial charge in [0.15, 0.2) is 0 Å². The van der Waals surface area contributed by atoms with Crippen molar-refractivity contribution in [1.29, 1.82) is 0 Å². The van der Waals surface area contributed by atoms with Crippen molar-refractivity contribution in [3.05, 3.63) is 59.7 Å². The van der Waals surface area contributed by atoms with Gasteiger partial charge in [0.2, 0.25) is 0 Å². The summed E-state index contributed by atoms with van der Waals surface area (Å²) in [6.07, 6.45) is 3.55. The number of fused-ring (bicyclic) bond motifs is 3. The van der Waals surface area contributed by atoms with E-state index in [1.54, 1.807) is 0 Å². The minimum absolute atomic E-state index is 0.00391. The third-order valence-electron chi connectivity index (χ3n) is 6.59. The number of carboxylic acid groups (broad SMARTS) is 1. The minimum Gasteiger partial charge on any atom is -0.481 e. The van der Waals surface area contributed by atoms with Crippen LogP contribution in [0.3, 0.4) is 0 Å². The summed E-state index contributed by atoms with van der Waals surface area (Å²) in [5, 5.41) is 12.2. The Labute approximate surface area is 177 Å². The number of amides is 1. The van der Waals surface area contributed by atoms with Crippen LogP contribution in [0, 0.1) is 11.8 Å². The lowest BCUT2D eigenvalue weighted by atomic mass is 9.78. The highest BCUT2D eigenvalue weighted by Crippen LogP contribution is 2.44. The maximum atomic E-state index is 12.6. The molecule has 1 fully saturated rings. The van der Waals surface area contributed by atoms with Crippen LogP contribution >= 0.6 is 0 Å². The molecule has 0 saturated heterocycles. The van der Waals surface area contributed by atoms with E-state index in [-0.39, 0.29) is 30.9 Å². The summed E-state index contributed by atoms with van der Waals surface area (Å²) in [6, 6.07) is 16.0. The molecule has 3 atom stereocenters. The normalized spacial score (nSPS) is 21.4. The summed E-state index contributed by atoms with van der Waals surface area (Å²) >= 11 is 0. The average Bonchev–Trinajstić information content (AvgIpc) is 3.05. The lowest BCUT2D eigenvalue weighted by molar-refractivity contribution is -0.138. The quantitative estimate of drug-likeness (QED) is 0.691. The highest BCUT2D eigenvalue weighted by atomic mass is 16.5. The molecule has 2 aliphatic carbocycles. The van der Waals surface area contributed by atoms with Crippen molar-refractivity contribution < 1.29 is 19.4 Å². The molecule has 3 unspecified atom stereocenters. The van der Waals surface area contributed by atoms with E-state index in [0.717, 1.165) is 30.4 Å². The van der Waals surface area contributed by atoms with Gasteiger partial charge in [-0.05, 0) is 46.9 Å². The summed E-state index contributed by atoms with van der Waals surface area (Å²) in [6.45, 7) is 2.43. The van der Waals surface area contributed by atoms with Crippen LogP contribution in [0.5, 0.6) is 0 Å². The van der Waals surface area contributed by atoms with Gasteiger partial charge in [0.25, 0.3) is 0 Å². The number of rotatable bonds is 6. The number of alkyl carbamates (subject to hydrolysis) is 1. The predicted molar refractivity (Wildman–Crippen MR) is 115 cm³/mol. The van der Waals surface area contributed by atoms with Crippen molar-refractivity contribution in [2.45, 2.75) is 51.0 Å². The summed E-state index contributed by atoms with van der Waals surface area (Å²) in [5.74, 6) is -0.150. The van der Waals surface area contributed by atoms with E-state index in [0.29, 0.717) is 5.92 Å². The Bertz CT molecular complexity index is 879. The first-order valence-electron chi connectivity index (χ1n) is 10.9. The van der Waals surface area contributed by atoms with Crippen molar-refractivity contribution in [1.82, 2.24) is 5.32 Å². The third kappa shape index (κ3) is 4.35. The summed E-state index contributed by atoms with van der Waals surface area (Å²) in [7, 11) is 0. The molecule has 4 rings (SSSR count). The van der Waals surface area contributed by atoms with Gasteiger partial charge in [0, 0.05) is 12.0 Å². The Morgan fingerprint density at radius 3 is 2.30 bits per heavy atom. The zero-order valence-corrected chi connectivity index (χ0v) is 17.3. The van der Waals surface area contributed by atoms with Crippen LogP contribution in [0.1, 0.15) is 56.1 Å². The van der Waals surface area contributed by atoms with Crippen molar-refractivity contribution in [3.8, 4) is 11.1 Å². The molecule has 5 heteroatoms. The predicted octanol–water partition coefficient (Wildman–Crippen LogP) is 5.19. The Morgan fingerprint density at radius 2 is 1.70 bits per heavy atom. The Kier molecular flexibility index (Phi) is 6.07. The van der Waals surface area contributed by atoms with Crippen LogP contribution in [0.2, 0.25) is 0 Å². The zero-order valence-electron chi connectivity index (χ0n) is 17.3. The maximum absolute atomic E-state index is 12.6. The van der Waals surface area contributed by atoms with E-state index in [1.807, 2.05) is 24.3 Å². The zero-order chi connectivity index (χ0) is 21.1. The topological polar surface area (TPSA) is 75.6 Å². The number of carboxylic acids is 1. The van der Waals surface area contributed by atoms with Gasteiger partial charge in [0.1, 0.15) is 6.61 Å². The molecule has 2 aromatic carbocycles. The lowest BCUT2D eigenvalue weighted by Crippen LogP contribution is -2.43. The summed E-state index contributed by atoms with van der Waals surface area (Å²) < 4.78 is 5.63. The SMILES string of the molecule is CC1CCCC(C(CC(=O)O)NC(=O)OCC2c3ccccc3-c3ccccc32)C1. The van der Waals surface area contributed by atoms with Gasteiger partial charge in [-0.1, -0.05) is 68.3 Å². The minimum atomic E-state index is -0.892. The van der Waals surface area contributed by atoms with Crippen LogP contribution in [-0.4, -0.2) is 29.8 Å². The first-order chi connectivity index (χ1) is 14.5. The van der Waals surface area contributed by atoms with E-state index in [1.165, 1.54) is 17.5 Å². The Balaban J connectivity index is 1.43. The number of ether oxygens (including phenoxy) is 1. The van der Waals surface area contributed by atoms with Crippen molar-refractivity contribution in [2.24, 2.45) is 11.8 Å². The highest BCUT2D eigenvalue weighted by molar-refractivity contribution is 5.79. The molecule has 5 nitrogen and oxygen atoms in total. The summed E-state index contributed by atoms with van der Waals surface area (Å²) in [5.41, 5.74) is 4.69. The number of aliphatic carboxylic acids is 1. The van der Waals surface area contributed by atoms with Crippen molar-refractivity contribution in [2.75, 3.05) is 6.61 Å². The molecule has 2 N–H and O–H groups in total. The Morgan fingerprint density at radius 1 is 1.07 bits per heavy atom. The second-order valence-electron chi connectivity index (χ2n) is 8.71. The summed E-state index contributed by atoms with van der Waals surface area (Å²) in [4.78, 5) is 24.0. The van der Waals surface area contributed by atoms with E-state index in [9.17, 15) is 14.7 Å². The maximum Gasteiger partial charge on any atom is 0.407 e. The van der Waals surface area contributed by atoms with Gasteiger partial charge < -0.3 is 15.2 Å². The third-order valence-corrected chi connectivity index (χ3v) is 6.59. The molecular weight excluding hydrogens is 378 g/mol. The monoisotopic (exact) mass is 407 g/mol. The lowest BCUT2D eigenvalue weighted by Gasteiger charge is -2.33. The molecule has 0 heterocycles. The van der Waals surface area contributed by atoms with Gasteiger partial charge in [-0.2, -0.15) is 0 Å². The smallest absolute Gasteiger partial charge is 0.407 e. The van der Waals surface area contributed by atoms with Crippen LogP contribution in [0.25, 0.3) is 11.1 Å². The number of hydrogen-bond donors (Lipinski definition) is 2. The van der Waals surface area contributed by atoms with Crippen LogP contribution < -0.4 is 5.32 Å². The van der Waals surface area contributed by atoms with E-state index < -0.39 is 12.1 Å². The molecule has 2 aliphatic rings. The average molecular weight is 408 g/mol. The van der Waals surface area contributed by atoms with Crippen molar-refractivity contribution >= 4 is 12.1 Å². The fourth-order valence-electron chi connectivity index (χ4n) is 5.16. The van der Waals surface area contributed by atoms with E-state index >= 15 is 0 Å². The number of hydrogen-bond acceptors (Lipinski definition) is 3. The molecule has 158 valence electrons. The molecule has 2 aromatic rings. The molecule has 0 bridgehead atoms. The molecule has 0 aromatic heterocycles. The van der Waals surface area contributed by atoms with Gasteiger partial charge in [0.05, 0.1) is 6.42 Å². The van der Waals surface area contributed by atoms with Gasteiger partial charge in [-0.3, -0.25) is 4.79 Å². The van der Waals surface area contributed by atoms with Gasteiger partial charge in [-0.15, -0.1) is 0 Å². The second-order valence-corrected chi connectivity index (χ2v) is 8.71. The number of benzene rings is 2. The molecule has 1 saturated carbocycles. The van der Waals surface area contributed by atoms with Crippen LogP contribution in [0.4, 0.5) is 4.79 Å². The largest absolute Gasteiger partial charge is 0.481 e. The molecule has 30 heavy (non-hydrogen) atoms. The molecule has 0 spiro atoms. The number of nitrogens with one attached hydrogen (secondary N) is 1. The van der Waals surface area contributed by atoms with E-state index in [2.05, 4.69) is 36.5 Å². The van der Waals surface area contributed by atoms with Gasteiger partial charge in [-0.25, -0.2) is 4.79 Å². The highest BCUT2D eigenvalue weighted by Gasteiger charge is 2.32. The fraction of sp³-hybridized carbons (Fsp3) is 0.440. The second kappa shape index (κ2) is 8.90. The molecule has 1 amide bonds. The molecular formula is C25H29NO4. The van der Waals surface area contributed by atoms with Crippen LogP contribution in [0.15, 0.2) is 48.5 Å². The Hall–Kier alpha value is -2.82. The fourth-order valence-corrected chi connectivity index (χ4v) is 5.16. The first-order valence-corrected chi connectivity index (χ1v) is 10.9. The van der Waals surface area contributed by atoms with Crippen LogP contribution in [-0.2, 0) is 9.53 Å². The standard InChI is InChI=1S/C25H29NO4/c1-16-7-6-8-17(13-16)23(14-24(27)28)26-25(29)30-15-22-20-11-4-2-9-18(20)19-10-3-5-12-21(19)22/h2-5,9-12,16-17,22-23H,6-8,13-15H2,1H3,(H,26,29)(H,27,28). The van der Waals surface area contributed by atoms with Gasteiger partial charge >= 0.3 is 12.1 Å². The molecule has 0 aliphatic heterocycles.